The van der Waals surface area contributed by atoms with Gasteiger partial charge in [0, 0.05) is 30.6 Å². The molecule has 0 saturated carbocycles. The number of halogens is 1. The van der Waals surface area contributed by atoms with Crippen LogP contribution < -0.4 is 5.73 Å². The van der Waals surface area contributed by atoms with Gasteiger partial charge in [-0.25, -0.2) is 0 Å². The number of furan rings is 1. The van der Waals surface area contributed by atoms with E-state index < -0.39 is 0 Å². The molecular weight excluding hydrogens is 300 g/mol. The van der Waals surface area contributed by atoms with Gasteiger partial charge in [-0.2, -0.15) is 0 Å². The van der Waals surface area contributed by atoms with Crippen molar-refractivity contribution < 1.29 is 9.21 Å². The van der Waals surface area contributed by atoms with E-state index in [1.807, 2.05) is 31.2 Å². The van der Waals surface area contributed by atoms with E-state index in [1.54, 1.807) is 11.9 Å². The zero-order valence-electron chi connectivity index (χ0n) is 13.6. The summed E-state index contributed by atoms with van der Waals surface area (Å²) in [6, 6.07) is 7.82. The van der Waals surface area contributed by atoms with Gasteiger partial charge < -0.3 is 15.1 Å². The van der Waals surface area contributed by atoms with Gasteiger partial charge >= 0.3 is 0 Å². The average molecular weight is 325 g/mol. The Hall–Kier alpha value is -1.52. The summed E-state index contributed by atoms with van der Waals surface area (Å²) in [5.74, 6) is 0.762. The van der Waals surface area contributed by atoms with Crippen LogP contribution in [0.2, 0.25) is 0 Å². The topological polar surface area (TPSA) is 59.5 Å². The lowest BCUT2D eigenvalue weighted by atomic mass is 10.0. The summed E-state index contributed by atoms with van der Waals surface area (Å²) in [6.07, 6.45) is 0.791. The Bertz CT molecular complexity index is 637. The number of benzene rings is 1. The van der Waals surface area contributed by atoms with Gasteiger partial charge in [0.05, 0.1) is 0 Å². The number of hydrogen-bond donors (Lipinski definition) is 1. The van der Waals surface area contributed by atoms with Crippen LogP contribution in [-0.2, 0) is 0 Å². The van der Waals surface area contributed by atoms with Crippen LogP contribution in [0.25, 0.3) is 11.0 Å². The van der Waals surface area contributed by atoms with Gasteiger partial charge in [-0.05, 0) is 25.3 Å². The van der Waals surface area contributed by atoms with Crippen LogP contribution in [0, 0.1) is 12.8 Å². The second-order valence-electron chi connectivity index (χ2n) is 5.98. The van der Waals surface area contributed by atoms with E-state index in [4.69, 9.17) is 10.2 Å². The van der Waals surface area contributed by atoms with Crippen LogP contribution in [0.3, 0.4) is 0 Å². The third-order valence-corrected chi connectivity index (χ3v) is 4.04. The van der Waals surface area contributed by atoms with Gasteiger partial charge in [-0.3, -0.25) is 4.79 Å². The van der Waals surface area contributed by atoms with Gasteiger partial charge in [0.25, 0.3) is 5.91 Å². The number of para-hydroxylation sites is 1. The van der Waals surface area contributed by atoms with E-state index in [-0.39, 0.29) is 24.4 Å². The van der Waals surface area contributed by atoms with Crippen molar-refractivity contribution in [2.45, 2.75) is 33.2 Å². The standard InChI is InChI=1S/C17H24N2O2.ClH/c1-11(2)14(18)9-10-19(4)17(20)16-12(3)13-7-5-6-8-15(13)21-16;/h5-8,11,14H,9-10,18H2,1-4H3;1H. The van der Waals surface area contributed by atoms with Crippen molar-refractivity contribution in [1.82, 2.24) is 4.90 Å². The lowest BCUT2D eigenvalue weighted by Crippen LogP contribution is -2.34. The summed E-state index contributed by atoms with van der Waals surface area (Å²) in [6.45, 7) is 6.74. The summed E-state index contributed by atoms with van der Waals surface area (Å²) in [5.41, 5.74) is 7.69. The number of rotatable bonds is 5. The number of amides is 1. The van der Waals surface area contributed by atoms with Crippen LogP contribution in [0.1, 0.15) is 36.4 Å². The van der Waals surface area contributed by atoms with Crippen LogP contribution >= 0.6 is 12.4 Å². The number of fused-ring (bicyclic) bond motifs is 1. The predicted octanol–water partition coefficient (Wildman–Crippen LogP) is 3.61. The highest BCUT2D eigenvalue weighted by molar-refractivity contribution is 5.98. The molecule has 0 spiro atoms. The smallest absolute Gasteiger partial charge is 0.289 e. The zero-order chi connectivity index (χ0) is 15.6. The Morgan fingerprint density at radius 2 is 1.95 bits per heavy atom. The summed E-state index contributed by atoms with van der Waals surface area (Å²) in [5, 5.41) is 0.994. The first-order chi connectivity index (χ1) is 9.91. The maximum absolute atomic E-state index is 12.5. The van der Waals surface area contributed by atoms with Crippen molar-refractivity contribution >= 4 is 29.3 Å². The summed E-state index contributed by atoms with van der Waals surface area (Å²) in [4.78, 5) is 14.2. The first kappa shape index (κ1) is 18.5. The van der Waals surface area contributed by atoms with E-state index >= 15 is 0 Å². The molecule has 2 aromatic rings. The fourth-order valence-electron chi connectivity index (χ4n) is 2.33. The molecule has 1 aromatic heterocycles. The van der Waals surface area contributed by atoms with Crippen molar-refractivity contribution in [2.75, 3.05) is 13.6 Å². The molecule has 0 aliphatic heterocycles. The minimum atomic E-state index is -0.0837. The second-order valence-corrected chi connectivity index (χ2v) is 5.98. The summed E-state index contributed by atoms with van der Waals surface area (Å²) < 4.78 is 5.71. The number of carbonyl (C=O) groups excluding carboxylic acids is 1. The maximum atomic E-state index is 12.5. The van der Waals surface area contributed by atoms with E-state index in [9.17, 15) is 4.79 Å². The Balaban J connectivity index is 0.00000242. The van der Waals surface area contributed by atoms with Crippen molar-refractivity contribution in [3.05, 3.63) is 35.6 Å². The number of hydrogen-bond acceptors (Lipinski definition) is 3. The molecule has 4 nitrogen and oxygen atoms in total. The number of nitrogens with two attached hydrogens (primary N) is 1. The molecule has 2 rings (SSSR count). The fourth-order valence-corrected chi connectivity index (χ4v) is 2.33. The molecule has 1 atom stereocenters. The largest absolute Gasteiger partial charge is 0.451 e. The molecular formula is C17H25ClN2O2. The molecule has 1 unspecified atom stereocenters. The minimum absolute atomic E-state index is 0. The molecule has 0 aliphatic rings. The van der Waals surface area contributed by atoms with E-state index in [0.717, 1.165) is 23.0 Å². The van der Waals surface area contributed by atoms with Gasteiger partial charge in [-0.15, -0.1) is 12.4 Å². The highest BCUT2D eigenvalue weighted by atomic mass is 35.5. The summed E-state index contributed by atoms with van der Waals surface area (Å²) >= 11 is 0. The predicted molar refractivity (Wildman–Crippen MR) is 92.6 cm³/mol. The molecule has 1 heterocycles. The average Bonchev–Trinajstić information content (AvgIpc) is 2.81. The summed E-state index contributed by atoms with van der Waals surface area (Å²) in [7, 11) is 1.79. The first-order valence-electron chi connectivity index (χ1n) is 7.41. The highest BCUT2D eigenvalue weighted by Gasteiger charge is 2.21. The molecule has 5 heteroatoms. The molecule has 22 heavy (non-hydrogen) atoms. The monoisotopic (exact) mass is 324 g/mol. The van der Waals surface area contributed by atoms with Gasteiger partial charge in [0.15, 0.2) is 5.76 Å². The maximum Gasteiger partial charge on any atom is 0.289 e. The molecule has 122 valence electrons. The highest BCUT2D eigenvalue weighted by Crippen LogP contribution is 2.25. The third-order valence-electron chi connectivity index (χ3n) is 4.04. The van der Waals surface area contributed by atoms with Gasteiger partial charge in [-0.1, -0.05) is 32.0 Å². The molecule has 1 amide bonds. The van der Waals surface area contributed by atoms with Crippen LogP contribution in [0.5, 0.6) is 0 Å². The Morgan fingerprint density at radius 1 is 1.32 bits per heavy atom. The quantitative estimate of drug-likeness (QED) is 0.914. The number of nitrogens with zero attached hydrogens (tertiary/aromatic N) is 1. The molecule has 0 fully saturated rings. The zero-order valence-corrected chi connectivity index (χ0v) is 14.4. The van der Waals surface area contributed by atoms with Crippen LogP contribution in [-0.4, -0.2) is 30.4 Å². The Kier molecular flexibility index (Phi) is 6.45. The van der Waals surface area contributed by atoms with E-state index in [1.165, 1.54) is 0 Å². The van der Waals surface area contributed by atoms with Crippen LogP contribution in [0.15, 0.2) is 28.7 Å². The Morgan fingerprint density at radius 3 is 2.55 bits per heavy atom. The Labute approximate surface area is 138 Å². The van der Waals surface area contributed by atoms with Crippen molar-refractivity contribution in [3.63, 3.8) is 0 Å². The molecule has 0 radical (unpaired) electrons. The first-order valence-corrected chi connectivity index (χ1v) is 7.41. The minimum Gasteiger partial charge on any atom is -0.451 e. The van der Waals surface area contributed by atoms with Gasteiger partial charge in [0.2, 0.25) is 0 Å². The van der Waals surface area contributed by atoms with E-state index in [2.05, 4.69) is 13.8 Å². The molecule has 2 N–H and O–H groups in total. The van der Waals surface area contributed by atoms with Gasteiger partial charge in [0.1, 0.15) is 5.58 Å². The lowest BCUT2D eigenvalue weighted by molar-refractivity contribution is 0.0759. The van der Waals surface area contributed by atoms with Crippen molar-refractivity contribution in [3.8, 4) is 0 Å². The fraction of sp³-hybridized carbons (Fsp3) is 0.471. The number of carbonyl (C=O) groups is 1. The van der Waals surface area contributed by atoms with Crippen molar-refractivity contribution in [1.29, 1.82) is 0 Å². The van der Waals surface area contributed by atoms with E-state index in [0.29, 0.717) is 18.2 Å². The normalized spacial score (nSPS) is 12.3. The van der Waals surface area contributed by atoms with Crippen molar-refractivity contribution in [2.24, 2.45) is 11.7 Å². The lowest BCUT2D eigenvalue weighted by Gasteiger charge is -2.21. The molecule has 0 saturated heterocycles. The number of aryl methyl sites for hydroxylation is 1. The second kappa shape index (κ2) is 7.65. The SMILES string of the molecule is Cc1c(C(=O)N(C)CCC(N)C(C)C)oc2ccccc12.Cl. The molecule has 0 bridgehead atoms. The van der Waals surface area contributed by atoms with Crippen LogP contribution in [0.4, 0.5) is 0 Å². The third kappa shape index (κ3) is 3.81. The molecule has 1 aromatic carbocycles. The molecule has 0 aliphatic carbocycles.